The van der Waals surface area contributed by atoms with Gasteiger partial charge in [-0.25, -0.2) is 18.4 Å². The number of sulfone groups is 1. The Morgan fingerprint density at radius 2 is 2.15 bits per heavy atom. The molecule has 1 aliphatic heterocycles. The van der Waals surface area contributed by atoms with E-state index < -0.39 is 9.84 Å². The van der Waals surface area contributed by atoms with Gasteiger partial charge in [-0.2, -0.15) is 0 Å². The Balaban J connectivity index is 1.73. The molecule has 3 heterocycles. The number of hydrogen-bond acceptors (Lipinski definition) is 7. The zero-order valence-electron chi connectivity index (χ0n) is 14.7. The minimum Gasteiger partial charge on any atom is -0.364 e. The maximum Gasteiger partial charge on any atom is 0.272 e. The summed E-state index contributed by atoms with van der Waals surface area (Å²) in [6, 6.07) is 6.90. The zero-order valence-corrected chi connectivity index (χ0v) is 15.5. The lowest BCUT2D eigenvalue weighted by molar-refractivity contribution is 0.0741. The maximum absolute atomic E-state index is 12.7. The van der Waals surface area contributed by atoms with Crippen molar-refractivity contribution < 1.29 is 13.2 Å². The highest BCUT2D eigenvalue weighted by Crippen LogP contribution is 2.19. The molecule has 26 heavy (non-hydrogen) atoms. The third-order valence-electron chi connectivity index (χ3n) is 4.31. The van der Waals surface area contributed by atoms with Crippen LogP contribution in [0.15, 0.2) is 30.5 Å². The Morgan fingerprint density at radius 1 is 1.35 bits per heavy atom. The topological polar surface area (TPSA) is 105 Å². The predicted octanol–water partition coefficient (Wildman–Crippen LogP) is 1.05. The lowest BCUT2D eigenvalue weighted by Gasteiger charge is -2.23. The summed E-state index contributed by atoms with van der Waals surface area (Å²) in [6.45, 7) is 2.18. The minimum absolute atomic E-state index is 0.00406. The highest BCUT2D eigenvalue weighted by molar-refractivity contribution is 7.91. The van der Waals surface area contributed by atoms with Crippen LogP contribution in [0, 0.1) is 6.92 Å². The lowest BCUT2D eigenvalue weighted by atomic mass is 10.2. The van der Waals surface area contributed by atoms with E-state index in [1.165, 1.54) is 4.90 Å². The van der Waals surface area contributed by atoms with E-state index in [2.05, 4.69) is 20.3 Å². The molecule has 1 unspecified atom stereocenters. The maximum atomic E-state index is 12.7. The molecule has 0 bridgehead atoms. The van der Waals surface area contributed by atoms with Gasteiger partial charge >= 0.3 is 0 Å². The molecule has 0 aliphatic carbocycles. The van der Waals surface area contributed by atoms with Gasteiger partial charge in [-0.15, -0.1) is 0 Å². The van der Waals surface area contributed by atoms with E-state index in [1.807, 2.05) is 18.2 Å². The molecule has 2 aromatic heterocycles. The second-order valence-corrected chi connectivity index (χ2v) is 8.56. The highest BCUT2D eigenvalue weighted by Gasteiger charge is 2.33. The van der Waals surface area contributed by atoms with Crippen LogP contribution in [0.3, 0.4) is 0 Å². The number of aryl methyl sites for hydroxylation is 1. The average molecular weight is 375 g/mol. The molecule has 2 aromatic rings. The summed E-state index contributed by atoms with van der Waals surface area (Å²) in [5.41, 5.74) is 1.10. The molecule has 0 aromatic carbocycles. The molecule has 1 fully saturated rings. The van der Waals surface area contributed by atoms with Crippen LogP contribution in [0.1, 0.15) is 28.4 Å². The summed E-state index contributed by atoms with van der Waals surface area (Å²) in [5.74, 6) is 0.809. The fourth-order valence-corrected chi connectivity index (χ4v) is 4.65. The number of carbonyl (C=O) groups is 1. The van der Waals surface area contributed by atoms with E-state index in [4.69, 9.17) is 0 Å². The van der Waals surface area contributed by atoms with Gasteiger partial charge in [0, 0.05) is 25.4 Å². The first-order chi connectivity index (χ1) is 12.3. The highest BCUT2D eigenvalue weighted by atomic mass is 32.2. The third kappa shape index (κ3) is 4.34. The second kappa shape index (κ2) is 7.36. The quantitative estimate of drug-likeness (QED) is 0.833. The lowest BCUT2D eigenvalue weighted by Crippen LogP contribution is -2.38. The smallest absolute Gasteiger partial charge is 0.272 e. The molecule has 0 saturated carbocycles. The number of pyridine rings is 1. The minimum atomic E-state index is -3.06. The van der Waals surface area contributed by atoms with Crippen molar-refractivity contribution in [1.29, 1.82) is 0 Å². The first kappa shape index (κ1) is 18.2. The van der Waals surface area contributed by atoms with Crippen molar-refractivity contribution in [3.8, 4) is 0 Å². The largest absolute Gasteiger partial charge is 0.364 e. The van der Waals surface area contributed by atoms with Gasteiger partial charge in [0.05, 0.1) is 23.7 Å². The number of nitrogens with zero attached hydrogens (tertiary/aromatic N) is 4. The van der Waals surface area contributed by atoms with Crippen LogP contribution in [-0.4, -0.2) is 58.8 Å². The van der Waals surface area contributed by atoms with Gasteiger partial charge in [0.1, 0.15) is 17.3 Å². The SMILES string of the molecule is Cc1nc(NCc2ccccn2)cc(C(=O)N(C)C2CCS(=O)(=O)C2)n1. The van der Waals surface area contributed by atoms with Crippen molar-refractivity contribution in [2.45, 2.75) is 25.9 Å². The summed E-state index contributed by atoms with van der Waals surface area (Å²) < 4.78 is 23.3. The summed E-state index contributed by atoms with van der Waals surface area (Å²) in [4.78, 5) is 26.9. The van der Waals surface area contributed by atoms with E-state index >= 15 is 0 Å². The number of amides is 1. The van der Waals surface area contributed by atoms with Gasteiger partial charge in [-0.3, -0.25) is 9.78 Å². The number of aromatic nitrogens is 3. The van der Waals surface area contributed by atoms with Crippen LogP contribution in [0.25, 0.3) is 0 Å². The Morgan fingerprint density at radius 3 is 2.81 bits per heavy atom. The number of carbonyl (C=O) groups excluding carboxylic acids is 1. The van der Waals surface area contributed by atoms with E-state index in [0.29, 0.717) is 24.6 Å². The normalized spacial score (nSPS) is 18.5. The van der Waals surface area contributed by atoms with Gasteiger partial charge in [0.15, 0.2) is 9.84 Å². The molecule has 138 valence electrons. The van der Waals surface area contributed by atoms with Crippen molar-refractivity contribution >= 4 is 21.6 Å². The number of rotatable bonds is 5. The summed E-state index contributed by atoms with van der Waals surface area (Å²) in [6.07, 6.45) is 2.17. The Labute approximate surface area is 152 Å². The van der Waals surface area contributed by atoms with E-state index in [-0.39, 0.29) is 29.1 Å². The van der Waals surface area contributed by atoms with Gasteiger partial charge < -0.3 is 10.2 Å². The van der Waals surface area contributed by atoms with Crippen LogP contribution in [0.4, 0.5) is 5.82 Å². The van der Waals surface area contributed by atoms with Crippen molar-refractivity contribution in [2.24, 2.45) is 0 Å². The monoisotopic (exact) mass is 375 g/mol. The molecule has 1 aliphatic rings. The average Bonchev–Trinajstić information content (AvgIpc) is 2.99. The fourth-order valence-electron chi connectivity index (χ4n) is 2.88. The van der Waals surface area contributed by atoms with Crippen LogP contribution < -0.4 is 5.32 Å². The molecule has 9 heteroatoms. The number of hydrogen-bond donors (Lipinski definition) is 1. The first-order valence-electron chi connectivity index (χ1n) is 8.31. The molecule has 1 amide bonds. The summed E-state index contributed by atoms with van der Waals surface area (Å²) in [7, 11) is -1.44. The molecule has 3 rings (SSSR count). The van der Waals surface area contributed by atoms with E-state index in [1.54, 1.807) is 26.2 Å². The molecule has 0 radical (unpaired) electrons. The molecule has 0 spiro atoms. The summed E-state index contributed by atoms with van der Waals surface area (Å²) in [5, 5.41) is 3.14. The van der Waals surface area contributed by atoms with Gasteiger partial charge in [0.2, 0.25) is 0 Å². The van der Waals surface area contributed by atoms with Crippen LogP contribution in [0.5, 0.6) is 0 Å². The van der Waals surface area contributed by atoms with Crippen molar-refractivity contribution in [3.63, 3.8) is 0 Å². The van der Waals surface area contributed by atoms with Gasteiger partial charge in [-0.05, 0) is 25.5 Å². The summed E-state index contributed by atoms with van der Waals surface area (Å²) >= 11 is 0. The van der Waals surface area contributed by atoms with E-state index in [0.717, 1.165) is 5.69 Å². The Bertz CT molecular complexity index is 902. The molecule has 1 saturated heterocycles. The van der Waals surface area contributed by atoms with Crippen molar-refractivity contribution in [2.75, 3.05) is 23.9 Å². The predicted molar refractivity (Wildman–Crippen MR) is 97.5 cm³/mol. The molecule has 1 N–H and O–H groups in total. The number of nitrogens with one attached hydrogen (secondary N) is 1. The first-order valence-corrected chi connectivity index (χ1v) is 10.1. The fraction of sp³-hybridized carbons (Fsp3) is 0.412. The molecular formula is C17H21N5O3S. The second-order valence-electron chi connectivity index (χ2n) is 6.33. The molecule has 1 atom stereocenters. The van der Waals surface area contributed by atoms with Crippen molar-refractivity contribution in [3.05, 3.63) is 47.7 Å². The van der Waals surface area contributed by atoms with Crippen LogP contribution >= 0.6 is 0 Å². The van der Waals surface area contributed by atoms with Gasteiger partial charge in [0.25, 0.3) is 5.91 Å². The van der Waals surface area contributed by atoms with E-state index in [9.17, 15) is 13.2 Å². The van der Waals surface area contributed by atoms with Crippen LogP contribution in [0.2, 0.25) is 0 Å². The Kier molecular flexibility index (Phi) is 5.17. The molecule has 8 nitrogen and oxygen atoms in total. The van der Waals surface area contributed by atoms with Crippen LogP contribution in [-0.2, 0) is 16.4 Å². The molecular weight excluding hydrogens is 354 g/mol. The van der Waals surface area contributed by atoms with Crippen molar-refractivity contribution in [1.82, 2.24) is 19.9 Å². The number of anilines is 1. The van der Waals surface area contributed by atoms with Gasteiger partial charge in [-0.1, -0.05) is 6.07 Å². The Hall–Kier alpha value is -2.55. The zero-order chi connectivity index (χ0) is 18.7. The third-order valence-corrected chi connectivity index (χ3v) is 6.06. The standard InChI is InChI=1S/C17H21N5O3S/c1-12-20-15(17(23)22(2)14-6-8-26(24,25)11-14)9-16(21-12)19-10-13-5-3-4-7-18-13/h3-5,7,9,14H,6,8,10-11H2,1-2H3,(H,19,20,21).